The van der Waals surface area contributed by atoms with Crippen molar-refractivity contribution in [3.05, 3.63) is 83.2 Å². The van der Waals surface area contributed by atoms with Crippen LogP contribution in [0.15, 0.2) is 54.9 Å². The number of H-pyrrole nitrogens is 1. The lowest BCUT2D eigenvalue weighted by Gasteiger charge is -2.11. The van der Waals surface area contributed by atoms with Crippen LogP contribution in [0.2, 0.25) is 0 Å². The second-order valence-electron chi connectivity index (χ2n) is 7.67. The molecule has 2 aromatic carbocycles. The van der Waals surface area contributed by atoms with Gasteiger partial charge in [0.05, 0.1) is 17.0 Å². The molecular weight excluding hydrogens is 448 g/mol. The van der Waals surface area contributed by atoms with Gasteiger partial charge in [-0.1, -0.05) is 31.2 Å². The van der Waals surface area contributed by atoms with E-state index in [-0.39, 0.29) is 11.3 Å². The Morgan fingerprint density at radius 1 is 1.15 bits per heavy atom. The van der Waals surface area contributed by atoms with Crippen LogP contribution in [-0.4, -0.2) is 29.9 Å². The van der Waals surface area contributed by atoms with Crippen molar-refractivity contribution < 1.29 is 22.0 Å². The molecule has 4 rings (SSSR count). The molecule has 0 fully saturated rings. The maximum absolute atomic E-state index is 15.1. The first-order valence-corrected chi connectivity index (χ1v) is 11.9. The number of hydrogen-bond acceptors (Lipinski definition) is 4. The largest absolute Gasteiger partial charge is 0.345 e. The fraction of sp³-hybridized carbons (Fsp3) is 0.167. The van der Waals surface area contributed by atoms with Crippen LogP contribution < -0.4 is 4.72 Å². The lowest BCUT2D eigenvalue weighted by molar-refractivity contribution is 0.103. The van der Waals surface area contributed by atoms with Crippen molar-refractivity contribution in [1.82, 2.24) is 9.97 Å². The SMILES string of the molecule is CCCS(=O)(=O)Nc1ccc(F)c(C(=O)c2c[nH]c3ncc(-c4ccccc4C)cc23)c1F. The Hall–Kier alpha value is -3.59. The Kier molecular flexibility index (Phi) is 5.99. The molecule has 170 valence electrons. The Morgan fingerprint density at radius 3 is 2.64 bits per heavy atom. The fourth-order valence-corrected chi connectivity index (χ4v) is 4.83. The number of pyridine rings is 1. The molecule has 0 radical (unpaired) electrons. The van der Waals surface area contributed by atoms with Crippen LogP contribution in [0.3, 0.4) is 0 Å². The van der Waals surface area contributed by atoms with Crippen molar-refractivity contribution in [2.45, 2.75) is 20.3 Å². The minimum absolute atomic E-state index is 0.0271. The van der Waals surface area contributed by atoms with Gasteiger partial charge in [0.25, 0.3) is 0 Å². The summed E-state index contributed by atoms with van der Waals surface area (Å²) in [6.07, 6.45) is 3.31. The van der Waals surface area contributed by atoms with E-state index in [1.165, 1.54) is 6.20 Å². The maximum atomic E-state index is 15.1. The summed E-state index contributed by atoms with van der Waals surface area (Å²) < 4.78 is 55.9. The topological polar surface area (TPSA) is 91.9 Å². The molecule has 2 aromatic heterocycles. The highest BCUT2D eigenvalue weighted by atomic mass is 32.2. The second-order valence-corrected chi connectivity index (χ2v) is 9.51. The van der Waals surface area contributed by atoms with Crippen LogP contribution in [0.5, 0.6) is 0 Å². The zero-order chi connectivity index (χ0) is 23.8. The maximum Gasteiger partial charge on any atom is 0.232 e. The highest BCUT2D eigenvalue weighted by molar-refractivity contribution is 7.92. The van der Waals surface area contributed by atoms with Gasteiger partial charge in [-0.3, -0.25) is 9.52 Å². The lowest BCUT2D eigenvalue weighted by atomic mass is 9.98. The quantitative estimate of drug-likeness (QED) is 0.364. The van der Waals surface area contributed by atoms with Gasteiger partial charge in [0.2, 0.25) is 15.8 Å². The predicted octanol–water partition coefficient (Wildman–Crippen LogP) is 5.20. The van der Waals surface area contributed by atoms with Crippen molar-refractivity contribution in [1.29, 1.82) is 0 Å². The van der Waals surface area contributed by atoms with Gasteiger partial charge in [-0.05, 0) is 42.7 Å². The molecule has 2 N–H and O–H groups in total. The van der Waals surface area contributed by atoms with Crippen LogP contribution in [0, 0.1) is 18.6 Å². The van der Waals surface area contributed by atoms with Crippen LogP contribution in [0.25, 0.3) is 22.2 Å². The summed E-state index contributed by atoms with van der Waals surface area (Å²) in [6.45, 7) is 3.60. The minimum atomic E-state index is -3.83. The Morgan fingerprint density at radius 2 is 1.91 bits per heavy atom. The third-order valence-electron chi connectivity index (χ3n) is 5.29. The number of anilines is 1. The van der Waals surface area contributed by atoms with Gasteiger partial charge in [-0.2, -0.15) is 0 Å². The molecule has 6 nitrogen and oxygen atoms in total. The second kappa shape index (κ2) is 8.74. The number of aromatic nitrogens is 2. The third kappa shape index (κ3) is 4.36. The summed E-state index contributed by atoms with van der Waals surface area (Å²) in [5.41, 5.74) is 1.76. The van der Waals surface area contributed by atoms with Crippen molar-refractivity contribution in [2.75, 3.05) is 10.5 Å². The molecule has 0 unspecified atom stereocenters. The first kappa shape index (κ1) is 22.6. The number of halogens is 2. The number of benzene rings is 2. The van der Waals surface area contributed by atoms with Gasteiger partial charge < -0.3 is 4.98 Å². The number of fused-ring (bicyclic) bond motifs is 1. The third-order valence-corrected chi connectivity index (χ3v) is 6.76. The smallest absolute Gasteiger partial charge is 0.232 e. The lowest BCUT2D eigenvalue weighted by Crippen LogP contribution is -2.18. The number of aromatic amines is 1. The molecule has 0 amide bonds. The van der Waals surface area contributed by atoms with Crippen molar-refractivity contribution in [2.24, 2.45) is 0 Å². The van der Waals surface area contributed by atoms with Gasteiger partial charge in [0.15, 0.2) is 5.82 Å². The highest BCUT2D eigenvalue weighted by Crippen LogP contribution is 2.30. The number of aryl methyl sites for hydroxylation is 1. The monoisotopic (exact) mass is 469 g/mol. The summed E-state index contributed by atoms with van der Waals surface area (Å²) in [5.74, 6) is -3.51. The molecular formula is C24H21F2N3O3S. The van der Waals surface area contributed by atoms with Crippen molar-refractivity contribution in [3.63, 3.8) is 0 Å². The van der Waals surface area contributed by atoms with Crippen molar-refractivity contribution >= 4 is 32.5 Å². The molecule has 0 aliphatic carbocycles. The summed E-state index contributed by atoms with van der Waals surface area (Å²) in [6, 6.07) is 11.2. The summed E-state index contributed by atoms with van der Waals surface area (Å²) in [4.78, 5) is 20.4. The number of carbonyl (C=O) groups excluding carboxylic acids is 1. The van der Waals surface area contributed by atoms with Gasteiger partial charge in [0, 0.05) is 28.9 Å². The molecule has 33 heavy (non-hydrogen) atoms. The van der Waals surface area contributed by atoms with E-state index in [9.17, 15) is 17.6 Å². The van der Waals surface area contributed by atoms with Gasteiger partial charge in [-0.15, -0.1) is 0 Å². The minimum Gasteiger partial charge on any atom is -0.345 e. The van der Waals surface area contributed by atoms with Crippen LogP contribution >= 0.6 is 0 Å². The van der Waals surface area contributed by atoms with E-state index in [2.05, 4.69) is 14.7 Å². The number of carbonyl (C=O) groups is 1. The van der Waals surface area contributed by atoms with E-state index in [1.807, 2.05) is 31.2 Å². The fourth-order valence-electron chi connectivity index (χ4n) is 3.70. The molecule has 0 saturated carbocycles. The first-order valence-electron chi connectivity index (χ1n) is 10.3. The van der Waals surface area contributed by atoms with Crippen LogP contribution in [0.4, 0.5) is 14.5 Å². The molecule has 0 aliphatic rings. The zero-order valence-corrected chi connectivity index (χ0v) is 18.8. The Balaban J connectivity index is 1.80. The molecule has 0 saturated heterocycles. The van der Waals surface area contributed by atoms with E-state index in [4.69, 9.17) is 0 Å². The average molecular weight is 470 g/mol. The molecule has 0 aliphatic heterocycles. The normalized spacial score (nSPS) is 11.6. The van der Waals surface area contributed by atoms with Gasteiger partial charge >= 0.3 is 0 Å². The highest BCUT2D eigenvalue weighted by Gasteiger charge is 2.26. The predicted molar refractivity (Wildman–Crippen MR) is 124 cm³/mol. The summed E-state index contributed by atoms with van der Waals surface area (Å²) >= 11 is 0. The Bertz CT molecular complexity index is 1480. The van der Waals surface area contributed by atoms with E-state index < -0.39 is 38.7 Å². The molecule has 2 heterocycles. The summed E-state index contributed by atoms with van der Waals surface area (Å²) in [7, 11) is -3.83. The number of sulfonamides is 1. The number of ketones is 1. The number of rotatable bonds is 7. The number of nitrogens with zero attached hydrogens (tertiary/aromatic N) is 1. The molecule has 0 atom stereocenters. The standard InChI is InChI=1S/C24H21F2N3O3S/c1-3-10-33(31,32)29-20-9-8-19(25)21(22(20)26)23(30)18-13-28-24-17(18)11-15(12-27-24)16-7-5-4-6-14(16)2/h4-9,11-13,29H,3,10H2,1-2H3,(H,27,28). The number of nitrogens with one attached hydrogen (secondary N) is 2. The van der Waals surface area contributed by atoms with E-state index in [1.54, 1.807) is 19.2 Å². The van der Waals surface area contributed by atoms with Crippen LogP contribution in [0.1, 0.15) is 34.8 Å². The van der Waals surface area contributed by atoms with Crippen molar-refractivity contribution in [3.8, 4) is 11.1 Å². The molecule has 9 heteroatoms. The van der Waals surface area contributed by atoms with E-state index in [0.717, 1.165) is 28.8 Å². The molecule has 0 spiro atoms. The van der Waals surface area contributed by atoms with Gasteiger partial charge in [0.1, 0.15) is 11.5 Å². The summed E-state index contributed by atoms with van der Waals surface area (Å²) in [5, 5.41) is 0.400. The molecule has 4 aromatic rings. The Labute approximate surface area is 189 Å². The van der Waals surface area contributed by atoms with Crippen LogP contribution in [-0.2, 0) is 10.0 Å². The number of hydrogen-bond donors (Lipinski definition) is 2. The first-order chi connectivity index (χ1) is 15.7. The van der Waals surface area contributed by atoms with E-state index >= 15 is 4.39 Å². The van der Waals surface area contributed by atoms with E-state index in [0.29, 0.717) is 17.5 Å². The van der Waals surface area contributed by atoms with Gasteiger partial charge in [-0.25, -0.2) is 22.2 Å². The molecule has 0 bridgehead atoms. The zero-order valence-electron chi connectivity index (χ0n) is 17.9. The average Bonchev–Trinajstić information content (AvgIpc) is 3.19.